The molecule has 1 aromatic carbocycles. The average Bonchev–Trinajstić information content (AvgIpc) is 2.76. The third-order valence-electron chi connectivity index (χ3n) is 2.77. The molecule has 0 saturated carbocycles. The molecule has 2 amide bonds. The zero-order chi connectivity index (χ0) is 12.8. The van der Waals surface area contributed by atoms with Crippen LogP contribution in [0.15, 0.2) is 30.3 Å². The Labute approximate surface area is 106 Å². The summed E-state index contributed by atoms with van der Waals surface area (Å²) in [5.74, 6) is -0.255. The SMILES string of the molecule is O=C(CN1CCCC1=O)NOCc1ccccc1. The van der Waals surface area contributed by atoms with E-state index in [4.69, 9.17) is 4.84 Å². The van der Waals surface area contributed by atoms with E-state index in [0.717, 1.165) is 12.0 Å². The molecule has 18 heavy (non-hydrogen) atoms. The van der Waals surface area contributed by atoms with Gasteiger partial charge in [-0.3, -0.25) is 14.4 Å². The molecule has 1 heterocycles. The molecule has 0 aliphatic carbocycles. The third-order valence-corrected chi connectivity index (χ3v) is 2.77. The maximum Gasteiger partial charge on any atom is 0.263 e. The highest BCUT2D eigenvalue weighted by Gasteiger charge is 2.22. The number of rotatable bonds is 5. The van der Waals surface area contributed by atoms with Crippen LogP contribution in [0.1, 0.15) is 18.4 Å². The third kappa shape index (κ3) is 3.56. The molecule has 1 aliphatic heterocycles. The van der Waals surface area contributed by atoms with Gasteiger partial charge in [-0.05, 0) is 12.0 Å². The lowest BCUT2D eigenvalue weighted by Crippen LogP contribution is -2.37. The van der Waals surface area contributed by atoms with Crippen molar-refractivity contribution in [1.29, 1.82) is 0 Å². The number of benzene rings is 1. The fourth-order valence-electron chi connectivity index (χ4n) is 1.85. The summed E-state index contributed by atoms with van der Waals surface area (Å²) in [5.41, 5.74) is 3.33. The molecular formula is C13H16N2O3. The molecule has 0 bridgehead atoms. The second kappa shape index (κ2) is 6.16. The van der Waals surface area contributed by atoms with E-state index in [1.165, 1.54) is 0 Å². The maximum absolute atomic E-state index is 11.5. The normalized spacial score (nSPS) is 14.9. The Morgan fingerprint density at radius 2 is 2.11 bits per heavy atom. The molecule has 1 aromatic rings. The van der Waals surface area contributed by atoms with Gasteiger partial charge in [0.05, 0.1) is 6.61 Å². The highest BCUT2D eigenvalue weighted by Crippen LogP contribution is 2.08. The summed E-state index contributed by atoms with van der Waals surface area (Å²) in [5, 5.41) is 0. The summed E-state index contributed by atoms with van der Waals surface area (Å²) >= 11 is 0. The van der Waals surface area contributed by atoms with Crippen LogP contribution >= 0.6 is 0 Å². The summed E-state index contributed by atoms with van der Waals surface area (Å²) in [4.78, 5) is 29.4. The largest absolute Gasteiger partial charge is 0.333 e. The van der Waals surface area contributed by atoms with E-state index in [1.54, 1.807) is 4.90 Å². The quantitative estimate of drug-likeness (QED) is 0.786. The molecule has 5 heteroatoms. The van der Waals surface area contributed by atoms with E-state index >= 15 is 0 Å². The zero-order valence-electron chi connectivity index (χ0n) is 10.1. The van der Waals surface area contributed by atoms with Crippen molar-refractivity contribution in [3.8, 4) is 0 Å². The molecular weight excluding hydrogens is 232 g/mol. The first-order valence-electron chi connectivity index (χ1n) is 5.98. The number of nitrogens with one attached hydrogen (secondary N) is 1. The topological polar surface area (TPSA) is 58.6 Å². The second-order valence-electron chi connectivity index (χ2n) is 4.22. The Morgan fingerprint density at radius 1 is 1.33 bits per heavy atom. The van der Waals surface area contributed by atoms with Gasteiger partial charge in [-0.2, -0.15) is 0 Å². The van der Waals surface area contributed by atoms with E-state index in [-0.39, 0.29) is 18.4 Å². The zero-order valence-corrected chi connectivity index (χ0v) is 10.1. The molecule has 5 nitrogen and oxygen atoms in total. The first-order chi connectivity index (χ1) is 8.75. The number of nitrogens with zero attached hydrogens (tertiary/aromatic N) is 1. The summed E-state index contributed by atoms with van der Waals surface area (Å²) in [6, 6.07) is 9.56. The number of hydrogen-bond donors (Lipinski definition) is 1. The van der Waals surface area contributed by atoms with E-state index in [2.05, 4.69) is 5.48 Å². The van der Waals surface area contributed by atoms with Crippen molar-refractivity contribution < 1.29 is 14.4 Å². The van der Waals surface area contributed by atoms with Crippen molar-refractivity contribution in [2.24, 2.45) is 0 Å². The van der Waals surface area contributed by atoms with Gasteiger partial charge in [-0.1, -0.05) is 30.3 Å². The summed E-state index contributed by atoms with van der Waals surface area (Å²) in [6.45, 7) is 1.05. The van der Waals surface area contributed by atoms with Gasteiger partial charge in [0, 0.05) is 13.0 Å². The maximum atomic E-state index is 11.5. The van der Waals surface area contributed by atoms with Crippen LogP contribution in [-0.4, -0.2) is 29.8 Å². The van der Waals surface area contributed by atoms with Crippen LogP contribution in [-0.2, 0) is 21.0 Å². The summed E-state index contributed by atoms with van der Waals surface area (Å²) in [7, 11) is 0. The Morgan fingerprint density at radius 3 is 2.78 bits per heavy atom. The summed E-state index contributed by atoms with van der Waals surface area (Å²) in [6.07, 6.45) is 1.37. The van der Waals surface area contributed by atoms with Crippen LogP contribution in [0.3, 0.4) is 0 Å². The molecule has 1 fully saturated rings. The lowest BCUT2D eigenvalue weighted by atomic mass is 10.2. The smallest absolute Gasteiger partial charge is 0.263 e. The van der Waals surface area contributed by atoms with E-state index < -0.39 is 0 Å². The van der Waals surface area contributed by atoms with Gasteiger partial charge in [0.1, 0.15) is 6.54 Å². The first kappa shape index (κ1) is 12.6. The van der Waals surface area contributed by atoms with Gasteiger partial charge in [0.15, 0.2) is 0 Å². The van der Waals surface area contributed by atoms with Crippen LogP contribution < -0.4 is 5.48 Å². The first-order valence-corrected chi connectivity index (χ1v) is 5.98. The standard InChI is InChI=1S/C13H16N2O3/c16-12(9-15-8-4-7-13(15)17)14-18-10-11-5-2-1-3-6-11/h1-3,5-6H,4,7-10H2,(H,14,16). The van der Waals surface area contributed by atoms with Gasteiger partial charge in [0.2, 0.25) is 5.91 Å². The molecule has 1 N–H and O–H groups in total. The Kier molecular flexibility index (Phi) is 4.30. The lowest BCUT2D eigenvalue weighted by molar-refractivity contribution is -0.140. The lowest BCUT2D eigenvalue weighted by Gasteiger charge is -2.14. The number of hydrogen-bond acceptors (Lipinski definition) is 3. The van der Waals surface area contributed by atoms with E-state index in [0.29, 0.717) is 19.6 Å². The molecule has 0 aromatic heterocycles. The van der Waals surface area contributed by atoms with E-state index in [9.17, 15) is 9.59 Å². The average molecular weight is 248 g/mol. The molecule has 0 atom stereocenters. The van der Waals surface area contributed by atoms with Gasteiger partial charge < -0.3 is 4.90 Å². The van der Waals surface area contributed by atoms with Crippen LogP contribution in [0.25, 0.3) is 0 Å². The van der Waals surface area contributed by atoms with Crippen LogP contribution in [0.2, 0.25) is 0 Å². The fourth-order valence-corrected chi connectivity index (χ4v) is 1.85. The minimum atomic E-state index is -0.291. The molecule has 1 aliphatic rings. The van der Waals surface area contributed by atoms with Crippen LogP contribution in [0.4, 0.5) is 0 Å². The minimum absolute atomic E-state index is 0.0354. The highest BCUT2D eigenvalue weighted by atomic mass is 16.6. The van der Waals surface area contributed by atoms with Crippen molar-refractivity contribution >= 4 is 11.8 Å². The molecule has 0 spiro atoms. The number of hydroxylamine groups is 1. The number of carbonyl (C=O) groups excluding carboxylic acids is 2. The fraction of sp³-hybridized carbons (Fsp3) is 0.385. The van der Waals surface area contributed by atoms with Gasteiger partial charge in [-0.15, -0.1) is 0 Å². The number of amides is 2. The van der Waals surface area contributed by atoms with Crippen LogP contribution in [0.5, 0.6) is 0 Å². The van der Waals surface area contributed by atoms with Crippen LogP contribution in [0, 0.1) is 0 Å². The monoisotopic (exact) mass is 248 g/mol. The molecule has 0 unspecified atom stereocenters. The number of likely N-dealkylation sites (tertiary alicyclic amines) is 1. The number of carbonyl (C=O) groups is 2. The predicted octanol–water partition coefficient (Wildman–Crippen LogP) is 0.857. The van der Waals surface area contributed by atoms with Gasteiger partial charge >= 0.3 is 0 Å². The van der Waals surface area contributed by atoms with Gasteiger partial charge in [-0.25, -0.2) is 5.48 Å². The highest BCUT2D eigenvalue weighted by molar-refractivity contribution is 5.85. The van der Waals surface area contributed by atoms with Crippen molar-refractivity contribution in [3.63, 3.8) is 0 Å². The Balaban J connectivity index is 1.67. The molecule has 0 radical (unpaired) electrons. The van der Waals surface area contributed by atoms with Crippen molar-refractivity contribution in [2.75, 3.05) is 13.1 Å². The van der Waals surface area contributed by atoms with Crippen molar-refractivity contribution in [2.45, 2.75) is 19.4 Å². The van der Waals surface area contributed by atoms with Crippen molar-refractivity contribution in [3.05, 3.63) is 35.9 Å². The minimum Gasteiger partial charge on any atom is -0.333 e. The predicted molar refractivity (Wildman–Crippen MR) is 65.2 cm³/mol. The molecule has 2 rings (SSSR count). The molecule has 96 valence electrons. The van der Waals surface area contributed by atoms with Gasteiger partial charge in [0.25, 0.3) is 5.91 Å². The Bertz CT molecular complexity index is 420. The molecule has 1 saturated heterocycles. The van der Waals surface area contributed by atoms with Crippen molar-refractivity contribution in [1.82, 2.24) is 10.4 Å². The van der Waals surface area contributed by atoms with E-state index in [1.807, 2.05) is 30.3 Å². The second-order valence-corrected chi connectivity index (χ2v) is 4.22. The Hall–Kier alpha value is -1.88. The summed E-state index contributed by atoms with van der Waals surface area (Å²) < 4.78 is 0.